The van der Waals surface area contributed by atoms with E-state index in [1.54, 1.807) is 9.13 Å². The molecule has 40 heavy (non-hydrogen) atoms. The van der Waals surface area contributed by atoms with Gasteiger partial charge in [0.2, 0.25) is 0 Å². The molecular formula is C26H38Br2N8O4. The summed E-state index contributed by atoms with van der Waals surface area (Å²) in [6, 6.07) is 0. The van der Waals surface area contributed by atoms with E-state index >= 15 is 0 Å². The number of unbranched alkanes of at least 4 members (excludes halogenated alkanes) is 4. The first-order valence-corrected chi connectivity index (χ1v) is 15.6. The van der Waals surface area contributed by atoms with Crippen molar-refractivity contribution in [2.45, 2.75) is 105 Å². The van der Waals surface area contributed by atoms with Gasteiger partial charge in [-0.15, -0.1) is 0 Å². The molecule has 0 radical (unpaired) electrons. The van der Waals surface area contributed by atoms with Crippen LogP contribution in [-0.2, 0) is 26.2 Å². The molecule has 4 aromatic rings. The summed E-state index contributed by atoms with van der Waals surface area (Å²) in [4.78, 5) is 63.9. The van der Waals surface area contributed by atoms with Crippen molar-refractivity contribution >= 4 is 54.2 Å². The van der Waals surface area contributed by atoms with Gasteiger partial charge in [-0.25, -0.2) is 19.6 Å². The molecule has 0 bridgehead atoms. The maximum Gasteiger partial charge on any atom is 0.332 e. The largest absolute Gasteiger partial charge is 0.332 e. The average Bonchev–Trinajstić information content (AvgIpc) is 3.51. The first kappa shape index (κ1) is 31.8. The van der Waals surface area contributed by atoms with E-state index in [1.807, 2.05) is 13.8 Å². The van der Waals surface area contributed by atoms with Crippen LogP contribution in [0.2, 0.25) is 0 Å². The van der Waals surface area contributed by atoms with E-state index in [4.69, 9.17) is 0 Å². The Morgan fingerprint density at radius 2 is 0.850 bits per heavy atom. The van der Waals surface area contributed by atoms with Gasteiger partial charge in [0.1, 0.15) is 0 Å². The summed E-state index contributed by atoms with van der Waals surface area (Å²) in [5, 5.41) is 0. The minimum absolute atomic E-state index is 0.261. The van der Waals surface area contributed by atoms with Crippen LogP contribution in [0.4, 0.5) is 0 Å². The van der Waals surface area contributed by atoms with Gasteiger partial charge in [0.05, 0.1) is 0 Å². The molecule has 0 aliphatic heterocycles. The fraction of sp³-hybridized carbons (Fsp3) is 0.615. The second-order valence-corrected chi connectivity index (χ2v) is 11.2. The van der Waals surface area contributed by atoms with Crippen LogP contribution in [0.15, 0.2) is 28.6 Å². The van der Waals surface area contributed by atoms with Gasteiger partial charge in [0.15, 0.2) is 31.8 Å². The molecule has 2 N–H and O–H groups in total. The van der Waals surface area contributed by atoms with E-state index in [0.717, 1.165) is 51.4 Å². The molecule has 4 rings (SSSR count). The highest BCUT2D eigenvalue weighted by molar-refractivity contribution is 9.10. The minimum Gasteiger partial charge on any atom is -0.327 e. The molecule has 0 aliphatic carbocycles. The number of fused-ring (bicyclic) bond motifs is 2. The van der Waals surface area contributed by atoms with Crippen LogP contribution in [0.1, 0.15) is 79.1 Å². The zero-order chi connectivity index (χ0) is 29.4. The van der Waals surface area contributed by atoms with Crippen LogP contribution < -0.4 is 22.5 Å². The summed E-state index contributed by atoms with van der Waals surface area (Å²) in [7, 11) is 0. The zero-order valence-corrected chi connectivity index (χ0v) is 26.7. The summed E-state index contributed by atoms with van der Waals surface area (Å²) < 4.78 is 6.76. The Morgan fingerprint density at radius 1 is 0.550 bits per heavy atom. The molecule has 0 aromatic carbocycles. The van der Waals surface area contributed by atoms with Gasteiger partial charge in [-0.2, -0.15) is 0 Å². The number of nitrogens with zero attached hydrogens (tertiary/aromatic N) is 6. The van der Waals surface area contributed by atoms with Gasteiger partial charge in [0.25, 0.3) is 11.1 Å². The van der Waals surface area contributed by atoms with Gasteiger partial charge >= 0.3 is 11.4 Å². The van der Waals surface area contributed by atoms with E-state index in [0.29, 0.717) is 58.0 Å². The number of nitrogens with one attached hydrogen (secondary N) is 2. The number of imidazole rings is 2. The van der Waals surface area contributed by atoms with Gasteiger partial charge in [-0.3, -0.25) is 27.9 Å². The number of hydrogen-bond donors (Lipinski definition) is 2. The molecule has 4 heterocycles. The SMILES string of the molecule is CCCCn1c(=O)c2[nH]c(Br)nc2n(CCCC)c1=O.CCCCn1c(=O)c2[nH]c(Br)nc2n(CCCC)c1=O. The van der Waals surface area contributed by atoms with Crippen LogP contribution in [0.25, 0.3) is 22.3 Å². The normalized spacial score (nSPS) is 11.3. The zero-order valence-electron chi connectivity index (χ0n) is 23.6. The Kier molecular flexibility index (Phi) is 11.7. The maximum atomic E-state index is 12.5. The highest BCUT2D eigenvalue weighted by atomic mass is 79.9. The van der Waals surface area contributed by atoms with Gasteiger partial charge < -0.3 is 9.97 Å². The van der Waals surface area contributed by atoms with Gasteiger partial charge in [-0.1, -0.05) is 53.4 Å². The van der Waals surface area contributed by atoms with Crippen LogP contribution in [0.3, 0.4) is 0 Å². The van der Waals surface area contributed by atoms with Crippen LogP contribution in [0.5, 0.6) is 0 Å². The lowest BCUT2D eigenvalue weighted by atomic mass is 10.3. The average molecular weight is 686 g/mol. The molecule has 0 amide bonds. The van der Waals surface area contributed by atoms with Crippen molar-refractivity contribution in [1.29, 1.82) is 0 Å². The second kappa shape index (κ2) is 14.8. The van der Waals surface area contributed by atoms with E-state index in [2.05, 4.69) is 65.6 Å². The summed E-state index contributed by atoms with van der Waals surface area (Å²) in [5.41, 5.74) is 0.564. The van der Waals surface area contributed by atoms with E-state index in [-0.39, 0.29) is 22.5 Å². The maximum absolute atomic E-state index is 12.5. The number of halogens is 2. The van der Waals surface area contributed by atoms with E-state index in [9.17, 15) is 19.2 Å². The lowest BCUT2D eigenvalue weighted by Crippen LogP contribution is -2.40. The Morgan fingerprint density at radius 3 is 1.15 bits per heavy atom. The molecule has 0 fully saturated rings. The van der Waals surface area contributed by atoms with Gasteiger partial charge in [-0.05, 0) is 57.5 Å². The van der Waals surface area contributed by atoms with Gasteiger partial charge in [0, 0.05) is 26.2 Å². The third-order valence-electron chi connectivity index (χ3n) is 6.61. The molecule has 14 heteroatoms. The Bertz CT molecular complexity index is 1550. The van der Waals surface area contributed by atoms with Crippen molar-refractivity contribution in [2.24, 2.45) is 0 Å². The molecule has 0 atom stereocenters. The van der Waals surface area contributed by atoms with Crippen molar-refractivity contribution in [3.63, 3.8) is 0 Å². The second-order valence-electron chi connectivity index (χ2n) is 9.65. The summed E-state index contributed by atoms with van der Waals surface area (Å²) in [6.45, 7) is 10.3. The number of H-pyrrole nitrogens is 2. The van der Waals surface area contributed by atoms with E-state index < -0.39 is 0 Å². The smallest absolute Gasteiger partial charge is 0.327 e. The predicted molar refractivity (Wildman–Crippen MR) is 164 cm³/mol. The van der Waals surface area contributed by atoms with Crippen molar-refractivity contribution < 1.29 is 0 Å². The number of aromatic amines is 2. The monoisotopic (exact) mass is 684 g/mol. The molecular weight excluding hydrogens is 648 g/mol. The Hall–Kier alpha value is -2.74. The highest BCUT2D eigenvalue weighted by Crippen LogP contribution is 2.12. The molecule has 220 valence electrons. The third kappa shape index (κ3) is 6.93. The highest BCUT2D eigenvalue weighted by Gasteiger charge is 2.17. The molecule has 0 saturated heterocycles. The Labute approximate surface area is 248 Å². The standard InChI is InChI=1S/2C13H19BrN4O2/c2*1-3-5-7-17-10-9(15-12(14)16-10)11(19)18(13(17)20)8-6-4-2/h2*3-8H2,1-2H3,(H,15,16). The molecule has 0 saturated carbocycles. The summed E-state index contributed by atoms with van der Waals surface area (Å²) in [5.74, 6) is 0. The van der Waals surface area contributed by atoms with Crippen LogP contribution in [-0.4, -0.2) is 38.2 Å². The van der Waals surface area contributed by atoms with Crippen molar-refractivity contribution in [3.8, 4) is 0 Å². The molecule has 12 nitrogen and oxygen atoms in total. The lowest BCUT2D eigenvalue weighted by molar-refractivity contribution is 0.530. The topological polar surface area (TPSA) is 145 Å². The molecule has 4 aromatic heterocycles. The van der Waals surface area contributed by atoms with Crippen LogP contribution >= 0.6 is 31.9 Å². The fourth-order valence-electron chi connectivity index (χ4n) is 4.34. The van der Waals surface area contributed by atoms with Crippen LogP contribution in [0, 0.1) is 0 Å². The summed E-state index contributed by atoms with van der Waals surface area (Å²) >= 11 is 6.47. The van der Waals surface area contributed by atoms with E-state index in [1.165, 1.54) is 9.13 Å². The van der Waals surface area contributed by atoms with Crippen molar-refractivity contribution in [3.05, 3.63) is 51.1 Å². The first-order valence-electron chi connectivity index (χ1n) is 14.0. The molecule has 0 spiro atoms. The summed E-state index contributed by atoms with van der Waals surface area (Å²) in [6.07, 6.45) is 7.21. The van der Waals surface area contributed by atoms with Crippen molar-refractivity contribution in [2.75, 3.05) is 0 Å². The number of aryl methyl sites for hydroxylation is 2. The van der Waals surface area contributed by atoms with Crippen molar-refractivity contribution in [1.82, 2.24) is 38.2 Å². The minimum atomic E-state index is -0.288. The first-order chi connectivity index (χ1) is 19.2. The number of aromatic nitrogens is 8. The fourth-order valence-corrected chi connectivity index (χ4v) is 5.07. The molecule has 0 aliphatic rings. The lowest BCUT2D eigenvalue weighted by Gasteiger charge is -2.10. The Balaban J connectivity index is 0.000000220. The number of rotatable bonds is 12. The molecule has 0 unspecified atom stereocenters. The predicted octanol–water partition coefficient (Wildman–Crippen LogP) is 4.50. The number of hydrogen-bond acceptors (Lipinski definition) is 6. The quantitative estimate of drug-likeness (QED) is 0.210. The third-order valence-corrected chi connectivity index (χ3v) is 7.36.